The number of halogens is 2. The summed E-state index contributed by atoms with van der Waals surface area (Å²) < 4.78 is 10.6. The normalized spacial score (nSPS) is 10.7. The number of rotatable bonds is 6. The minimum atomic E-state index is -0.771. The minimum absolute atomic E-state index is 0.0509. The highest BCUT2D eigenvalue weighted by molar-refractivity contribution is 9.10. The number of hydrogen-bond donors (Lipinski definition) is 1. The van der Waals surface area contributed by atoms with Crippen LogP contribution < -0.4 is 14.8 Å². The predicted molar refractivity (Wildman–Crippen MR) is 112 cm³/mol. The summed E-state index contributed by atoms with van der Waals surface area (Å²) in [6.45, 7) is 1.24. The maximum absolute atomic E-state index is 12.5. The Morgan fingerprint density at radius 1 is 1.33 bits per heavy atom. The second kappa shape index (κ2) is 9.87. The van der Waals surface area contributed by atoms with E-state index in [1.807, 2.05) is 0 Å². The summed E-state index contributed by atoms with van der Waals surface area (Å²) in [5.41, 5.74) is 0.0194. The van der Waals surface area contributed by atoms with Gasteiger partial charge in [-0.3, -0.25) is 19.7 Å². The summed E-state index contributed by atoms with van der Waals surface area (Å²) in [7, 11) is 1.37. The van der Waals surface area contributed by atoms with Crippen molar-refractivity contribution in [3.63, 3.8) is 0 Å². The van der Waals surface area contributed by atoms with Gasteiger partial charge >= 0.3 is 5.97 Å². The van der Waals surface area contributed by atoms with E-state index in [0.717, 1.165) is 6.07 Å². The van der Waals surface area contributed by atoms with E-state index in [1.165, 1.54) is 44.4 Å². The van der Waals surface area contributed by atoms with Crippen molar-refractivity contribution in [2.45, 2.75) is 6.92 Å². The molecule has 0 bridgehead atoms. The van der Waals surface area contributed by atoms with E-state index in [4.69, 9.17) is 21.1 Å². The molecule has 0 atom stereocenters. The number of amides is 1. The molecule has 2 aromatic rings. The van der Waals surface area contributed by atoms with Crippen molar-refractivity contribution in [2.24, 2.45) is 0 Å². The fraction of sp³-hybridized carbons (Fsp3) is 0.105. The highest BCUT2D eigenvalue weighted by Crippen LogP contribution is 2.37. The molecule has 0 unspecified atom stereocenters. The molecular weight excluding hydrogens is 482 g/mol. The van der Waals surface area contributed by atoms with Gasteiger partial charge in [-0.05, 0) is 45.8 Å². The van der Waals surface area contributed by atoms with Crippen LogP contribution in [0.5, 0.6) is 11.5 Å². The summed E-state index contributed by atoms with van der Waals surface area (Å²) in [6, 6.07) is 8.31. The summed E-state index contributed by atoms with van der Waals surface area (Å²) in [6.07, 6.45) is 1.29. The summed E-state index contributed by atoms with van der Waals surface area (Å²) in [5.74, 6) is -0.952. The molecular formula is C19H13BrClN3O6. The zero-order chi connectivity index (χ0) is 22.4. The maximum atomic E-state index is 12.5. The van der Waals surface area contributed by atoms with Crippen LogP contribution in [-0.2, 0) is 9.59 Å². The molecule has 11 heteroatoms. The van der Waals surface area contributed by atoms with Crippen LogP contribution in [0.2, 0.25) is 5.02 Å². The molecule has 0 aromatic heterocycles. The van der Waals surface area contributed by atoms with Gasteiger partial charge in [-0.25, -0.2) is 0 Å². The SMILES string of the molecule is COc1cc(C=C(C#N)C(=O)Nc2ccc([N+](=O)[O-])cc2Cl)cc(Br)c1OC(C)=O. The van der Waals surface area contributed by atoms with Crippen molar-refractivity contribution in [3.8, 4) is 17.6 Å². The Labute approximate surface area is 184 Å². The number of esters is 1. The first kappa shape index (κ1) is 22.9. The fourth-order valence-corrected chi connectivity index (χ4v) is 3.05. The standard InChI is InChI=1S/C19H13BrClN3O6/c1-10(25)30-18-14(20)6-11(7-17(18)29-2)5-12(9-22)19(26)23-16-4-3-13(24(27)28)8-15(16)21/h3-8H,1-2H3,(H,23,26). The number of nitrogens with zero attached hydrogens (tertiary/aromatic N) is 2. The Morgan fingerprint density at radius 3 is 2.57 bits per heavy atom. The summed E-state index contributed by atoms with van der Waals surface area (Å²) >= 11 is 9.21. The van der Waals surface area contributed by atoms with Gasteiger partial charge in [0.05, 0.1) is 27.2 Å². The van der Waals surface area contributed by atoms with Gasteiger partial charge in [0.25, 0.3) is 11.6 Å². The van der Waals surface area contributed by atoms with Crippen LogP contribution in [0.25, 0.3) is 6.08 Å². The van der Waals surface area contributed by atoms with E-state index in [0.29, 0.717) is 10.0 Å². The average Bonchev–Trinajstić information content (AvgIpc) is 2.68. The smallest absolute Gasteiger partial charge is 0.308 e. The second-order valence-electron chi connectivity index (χ2n) is 5.67. The number of carbonyl (C=O) groups excluding carboxylic acids is 2. The predicted octanol–water partition coefficient (Wildman–Crippen LogP) is 4.49. The molecule has 9 nitrogen and oxygen atoms in total. The molecule has 0 radical (unpaired) electrons. The monoisotopic (exact) mass is 493 g/mol. The number of nitro groups is 1. The number of carbonyl (C=O) groups is 2. The molecule has 0 heterocycles. The lowest BCUT2D eigenvalue weighted by Gasteiger charge is -2.11. The number of ether oxygens (including phenoxy) is 2. The Bertz CT molecular complexity index is 1110. The number of non-ortho nitro benzene ring substituents is 1. The molecule has 154 valence electrons. The zero-order valence-corrected chi connectivity index (χ0v) is 17.9. The van der Waals surface area contributed by atoms with Crippen LogP contribution in [0.3, 0.4) is 0 Å². The van der Waals surface area contributed by atoms with Crippen molar-refractivity contribution in [2.75, 3.05) is 12.4 Å². The minimum Gasteiger partial charge on any atom is -0.493 e. The zero-order valence-electron chi connectivity index (χ0n) is 15.6. The molecule has 0 saturated heterocycles. The van der Waals surface area contributed by atoms with Gasteiger partial charge in [-0.15, -0.1) is 0 Å². The first-order chi connectivity index (χ1) is 14.2. The van der Waals surface area contributed by atoms with Gasteiger partial charge in [0.2, 0.25) is 0 Å². The van der Waals surface area contributed by atoms with Gasteiger partial charge in [-0.2, -0.15) is 5.26 Å². The van der Waals surface area contributed by atoms with Gasteiger partial charge in [0, 0.05) is 19.1 Å². The van der Waals surface area contributed by atoms with E-state index >= 15 is 0 Å². The Kier molecular flexibility index (Phi) is 7.52. The third-order valence-corrected chi connectivity index (χ3v) is 4.49. The van der Waals surface area contributed by atoms with E-state index in [1.54, 1.807) is 6.07 Å². The largest absolute Gasteiger partial charge is 0.493 e. The first-order valence-electron chi connectivity index (χ1n) is 8.09. The molecule has 0 aliphatic carbocycles. The van der Waals surface area contributed by atoms with Crippen LogP contribution in [-0.4, -0.2) is 23.9 Å². The fourth-order valence-electron chi connectivity index (χ4n) is 2.29. The van der Waals surface area contributed by atoms with Crippen molar-refractivity contribution in [1.29, 1.82) is 5.26 Å². The molecule has 2 aromatic carbocycles. The van der Waals surface area contributed by atoms with Crippen LogP contribution in [0.15, 0.2) is 40.4 Å². The van der Waals surface area contributed by atoms with Crippen molar-refractivity contribution < 1.29 is 24.0 Å². The number of methoxy groups -OCH3 is 1. The van der Waals surface area contributed by atoms with E-state index < -0.39 is 16.8 Å². The molecule has 1 amide bonds. The lowest BCUT2D eigenvalue weighted by atomic mass is 10.1. The topological polar surface area (TPSA) is 132 Å². The number of nitrogens with one attached hydrogen (secondary N) is 1. The van der Waals surface area contributed by atoms with Crippen LogP contribution in [0.4, 0.5) is 11.4 Å². The van der Waals surface area contributed by atoms with Crippen LogP contribution in [0, 0.1) is 21.4 Å². The molecule has 0 saturated carbocycles. The van der Waals surface area contributed by atoms with Crippen molar-refractivity contribution >= 4 is 56.9 Å². The highest BCUT2D eigenvalue weighted by atomic mass is 79.9. The first-order valence-corrected chi connectivity index (χ1v) is 9.26. The molecule has 0 aliphatic rings. The third-order valence-electron chi connectivity index (χ3n) is 3.59. The Hall–Kier alpha value is -3.42. The molecule has 1 N–H and O–H groups in total. The number of hydrogen-bond acceptors (Lipinski definition) is 7. The molecule has 0 aliphatic heterocycles. The summed E-state index contributed by atoms with van der Waals surface area (Å²) in [4.78, 5) is 33.9. The van der Waals surface area contributed by atoms with Crippen LogP contribution in [0.1, 0.15) is 12.5 Å². The lowest BCUT2D eigenvalue weighted by molar-refractivity contribution is -0.384. The molecule has 0 fully saturated rings. The van der Waals surface area contributed by atoms with E-state index in [2.05, 4.69) is 21.2 Å². The van der Waals surface area contributed by atoms with Crippen molar-refractivity contribution in [1.82, 2.24) is 0 Å². The number of anilines is 1. The number of nitriles is 1. The van der Waals surface area contributed by atoms with Gasteiger partial charge < -0.3 is 14.8 Å². The van der Waals surface area contributed by atoms with E-state index in [9.17, 15) is 25.0 Å². The van der Waals surface area contributed by atoms with Crippen LogP contribution >= 0.6 is 27.5 Å². The van der Waals surface area contributed by atoms with Crippen molar-refractivity contribution in [3.05, 3.63) is 61.1 Å². The van der Waals surface area contributed by atoms with E-state index in [-0.39, 0.29) is 33.5 Å². The van der Waals surface area contributed by atoms with Gasteiger partial charge in [0.15, 0.2) is 11.5 Å². The van der Waals surface area contributed by atoms with Gasteiger partial charge in [-0.1, -0.05) is 11.6 Å². The summed E-state index contributed by atoms with van der Waals surface area (Å²) in [5, 5.41) is 22.5. The number of nitro benzene ring substituents is 1. The molecule has 0 spiro atoms. The average molecular weight is 495 g/mol. The quantitative estimate of drug-likeness (QED) is 0.156. The second-order valence-corrected chi connectivity index (χ2v) is 6.93. The highest BCUT2D eigenvalue weighted by Gasteiger charge is 2.17. The maximum Gasteiger partial charge on any atom is 0.308 e. The third kappa shape index (κ3) is 5.56. The Morgan fingerprint density at radius 2 is 2.03 bits per heavy atom. The molecule has 30 heavy (non-hydrogen) atoms. The van der Waals surface area contributed by atoms with Gasteiger partial charge in [0.1, 0.15) is 11.6 Å². The number of benzene rings is 2. The Balaban J connectivity index is 2.34. The molecule has 2 rings (SSSR count). The lowest BCUT2D eigenvalue weighted by Crippen LogP contribution is -2.13.